The minimum Gasteiger partial charge on any atom is -0.486 e. The van der Waals surface area contributed by atoms with Gasteiger partial charge in [0.2, 0.25) is 0 Å². The molecule has 19 heavy (non-hydrogen) atoms. The Morgan fingerprint density at radius 3 is 2.63 bits per heavy atom. The van der Waals surface area contributed by atoms with Crippen LogP contribution in [-0.4, -0.2) is 10.2 Å². The van der Waals surface area contributed by atoms with E-state index in [-0.39, 0.29) is 5.60 Å². The lowest BCUT2D eigenvalue weighted by Gasteiger charge is -2.23. The number of aromatic nitrogens is 1. The zero-order chi connectivity index (χ0) is 14.0. The van der Waals surface area contributed by atoms with Crippen LogP contribution in [0.2, 0.25) is 0 Å². The topological polar surface area (TPSA) is 64.0 Å². The molecule has 1 aromatic carbocycles. The van der Waals surface area contributed by atoms with Gasteiger partial charge in [-0.15, -0.1) is 11.3 Å². The van der Waals surface area contributed by atoms with Gasteiger partial charge in [-0.05, 0) is 38.5 Å². The van der Waals surface area contributed by atoms with E-state index in [4.69, 9.17) is 15.9 Å². The van der Waals surface area contributed by atoms with Crippen LogP contribution in [0, 0.1) is 5.41 Å². The normalized spacial score (nSPS) is 11.6. The SMILES string of the molecule is CC(C)(C)Oc1ccc(CN)cc1-n1ccsc1=N. The van der Waals surface area contributed by atoms with E-state index in [1.54, 1.807) is 0 Å². The lowest BCUT2D eigenvalue weighted by Crippen LogP contribution is -2.24. The summed E-state index contributed by atoms with van der Waals surface area (Å²) < 4.78 is 7.78. The molecule has 102 valence electrons. The molecule has 0 spiro atoms. The summed E-state index contributed by atoms with van der Waals surface area (Å²) in [6.07, 6.45) is 1.87. The number of hydrogen-bond acceptors (Lipinski definition) is 4. The molecule has 2 rings (SSSR count). The second kappa shape index (κ2) is 5.19. The van der Waals surface area contributed by atoms with Gasteiger partial charge in [0, 0.05) is 18.1 Å². The molecule has 0 aliphatic heterocycles. The number of nitrogens with zero attached hydrogens (tertiary/aromatic N) is 1. The molecule has 0 saturated carbocycles. The summed E-state index contributed by atoms with van der Waals surface area (Å²) in [5.74, 6) is 0.765. The second-order valence-electron chi connectivity index (χ2n) is 5.30. The van der Waals surface area contributed by atoms with Crippen molar-refractivity contribution in [1.29, 1.82) is 5.41 Å². The van der Waals surface area contributed by atoms with Gasteiger partial charge in [0.25, 0.3) is 0 Å². The Kier molecular flexibility index (Phi) is 3.78. The van der Waals surface area contributed by atoms with Crippen molar-refractivity contribution in [3.8, 4) is 11.4 Å². The standard InChI is InChI=1S/C14H19N3OS/c1-14(2,3)18-12-5-4-10(9-15)8-11(12)17-6-7-19-13(17)16/h4-8,16H,9,15H2,1-3H3. The molecule has 0 amide bonds. The summed E-state index contributed by atoms with van der Waals surface area (Å²) in [7, 11) is 0. The van der Waals surface area contributed by atoms with Crippen LogP contribution in [0.3, 0.4) is 0 Å². The van der Waals surface area contributed by atoms with Crippen LogP contribution in [0.5, 0.6) is 5.75 Å². The number of ether oxygens (including phenoxy) is 1. The molecule has 1 heterocycles. The minimum absolute atomic E-state index is 0.280. The fraction of sp³-hybridized carbons (Fsp3) is 0.357. The van der Waals surface area contributed by atoms with Gasteiger partial charge in [0.15, 0.2) is 4.80 Å². The van der Waals surface area contributed by atoms with Crippen molar-refractivity contribution in [2.75, 3.05) is 0 Å². The van der Waals surface area contributed by atoms with Gasteiger partial charge in [-0.3, -0.25) is 9.98 Å². The van der Waals surface area contributed by atoms with Crippen molar-refractivity contribution in [1.82, 2.24) is 4.57 Å². The van der Waals surface area contributed by atoms with Crippen LogP contribution in [0.1, 0.15) is 26.3 Å². The van der Waals surface area contributed by atoms with Gasteiger partial charge in [-0.2, -0.15) is 0 Å². The number of nitrogens with two attached hydrogens (primary N) is 1. The highest BCUT2D eigenvalue weighted by atomic mass is 32.1. The highest BCUT2D eigenvalue weighted by Crippen LogP contribution is 2.27. The van der Waals surface area contributed by atoms with E-state index in [2.05, 4.69) is 0 Å². The summed E-state index contributed by atoms with van der Waals surface area (Å²) in [4.78, 5) is 0.466. The molecule has 0 saturated heterocycles. The molecule has 5 heteroatoms. The molecule has 4 nitrogen and oxygen atoms in total. The van der Waals surface area contributed by atoms with Gasteiger partial charge in [0.05, 0.1) is 5.69 Å². The molecule has 0 radical (unpaired) electrons. The Hall–Kier alpha value is -1.59. The minimum atomic E-state index is -0.280. The molecule has 2 aromatic rings. The first-order valence-electron chi connectivity index (χ1n) is 6.14. The third kappa shape index (κ3) is 3.24. The predicted molar refractivity (Wildman–Crippen MR) is 77.8 cm³/mol. The van der Waals surface area contributed by atoms with Crippen LogP contribution in [-0.2, 0) is 6.54 Å². The largest absolute Gasteiger partial charge is 0.486 e. The fourth-order valence-corrected chi connectivity index (χ4v) is 2.35. The summed E-state index contributed by atoms with van der Waals surface area (Å²) in [6.45, 7) is 6.50. The van der Waals surface area contributed by atoms with E-state index < -0.39 is 0 Å². The average Bonchev–Trinajstić information content (AvgIpc) is 2.74. The van der Waals surface area contributed by atoms with Crippen LogP contribution < -0.4 is 15.3 Å². The Morgan fingerprint density at radius 1 is 1.37 bits per heavy atom. The van der Waals surface area contributed by atoms with Crippen molar-refractivity contribution < 1.29 is 4.74 Å². The summed E-state index contributed by atoms with van der Waals surface area (Å²) >= 11 is 1.38. The zero-order valence-corrected chi connectivity index (χ0v) is 12.3. The monoisotopic (exact) mass is 277 g/mol. The molecule has 0 unspecified atom stereocenters. The van der Waals surface area contributed by atoms with E-state index >= 15 is 0 Å². The van der Waals surface area contributed by atoms with Crippen molar-refractivity contribution in [2.24, 2.45) is 5.73 Å². The highest BCUT2D eigenvalue weighted by Gasteiger charge is 2.16. The fourth-order valence-electron chi connectivity index (χ4n) is 1.76. The first-order valence-corrected chi connectivity index (χ1v) is 7.02. The summed E-state index contributed by atoms with van der Waals surface area (Å²) in [5, 5.41) is 9.83. The predicted octanol–water partition coefficient (Wildman–Crippen LogP) is 2.65. The van der Waals surface area contributed by atoms with Crippen LogP contribution in [0.4, 0.5) is 0 Å². The van der Waals surface area contributed by atoms with E-state index in [0.29, 0.717) is 11.3 Å². The molecule has 0 bridgehead atoms. The molecule has 3 N–H and O–H groups in total. The van der Waals surface area contributed by atoms with Gasteiger partial charge < -0.3 is 10.5 Å². The molecule has 0 atom stereocenters. The molecule has 0 fully saturated rings. The van der Waals surface area contributed by atoms with E-state index in [0.717, 1.165) is 17.0 Å². The Labute approximate surface area is 117 Å². The van der Waals surface area contributed by atoms with Gasteiger partial charge in [-0.25, -0.2) is 0 Å². The Balaban J connectivity index is 2.55. The maximum absolute atomic E-state index is 7.94. The lowest BCUT2D eigenvalue weighted by molar-refractivity contribution is 0.130. The third-order valence-corrected chi connectivity index (χ3v) is 3.22. The lowest BCUT2D eigenvalue weighted by atomic mass is 10.1. The summed E-state index contributed by atoms with van der Waals surface area (Å²) in [5.41, 5.74) is 7.30. The van der Waals surface area contributed by atoms with E-state index in [1.165, 1.54) is 11.3 Å². The van der Waals surface area contributed by atoms with Gasteiger partial charge in [-0.1, -0.05) is 6.07 Å². The van der Waals surface area contributed by atoms with Gasteiger partial charge in [0.1, 0.15) is 11.4 Å². The van der Waals surface area contributed by atoms with E-state index in [9.17, 15) is 0 Å². The maximum Gasteiger partial charge on any atom is 0.186 e. The van der Waals surface area contributed by atoms with Crippen molar-refractivity contribution >= 4 is 11.3 Å². The van der Waals surface area contributed by atoms with Crippen LogP contribution in [0.25, 0.3) is 5.69 Å². The Morgan fingerprint density at radius 2 is 2.11 bits per heavy atom. The molecular formula is C14H19N3OS. The second-order valence-corrected chi connectivity index (χ2v) is 6.19. The average molecular weight is 277 g/mol. The van der Waals surface area contributed by atoms with Crippen LogP contribution in [0.15, 0.2) is 29.8 Å². The molecule has 0 aliphatic rings. The number of thiazole rings is 1. The molecule has 1 aromatic heterocycles. The number of nitrogens with one attached hydrogen (secondary N) is 1. The zero-order valence-electron chi connectivity index (χ0n) is 11.4. The number of benzene rings is 1. The van der Waals surface area contributed by atoms with Gasteiger partial charge >= 0.3 is 0 Å². The highest BCUT2D eigenvalue weighted by molar-refractivity contribution is 7.07. The maximum atomic E-state index is 7.94. The first kappa shape index (κ1) is 13.8. The van der Waals surface area contributed by atoms with Crippen molar-refractivity contribution in [3.63, 3.8) is 0 Å². The quantitative estimate of drug-likeness (QED) is 0.906. The molecule has 0 aliphatic carbocycles. The van der Waals surface area contributed by atoms with Crippen LogP contribution >= 0.6 is 11.3 Å². The van der Waals surface area contributed by atoms with E-state index in [1.807, 2.05) is 55.1 Å². The summed E-state index contributed by atoms with van der Waals surface area (Å²) in [6, 6.07) is 5.86. The molecular weight excluding hydrogens is 258 g/mol. The van der Waals surface area contributed by atoms with Crippen molar-refractivity contribution in [2.45, 2.75) is 32.9 Å². The van der Waals surface area contributed by atoms with Crippen molar-refractivity contribution in [3.05, 3.63) is 40.1 Å². The third-order valence-electron chi connectivity index (χ3n) is 2.54. The number of rotatable bonds is 3. The number of hydrogen-bond donors (Lipinski definition) is 2. The first-order chi connectivity index (χ1) is 8.90. The Bertz CT molecular complexity index is 622. The smallest absolute Gasteiger partial charge is 0.186 e.